The number of benzene rings is 3. The summed E-state index contributed by atoms with van der Waals surface area (Å²) >= 11 is 1.78. The molecule has 0 heterocycles. The second kappa shape index (κ2) is 8.01. The van der Waals surface area contributed by atoms with Crippen molar-refractivity contribution in [1.29, 1.82) is 0 Å². The Kier molecular flexibility index (Phi) is 5.30. The molecule has 0 radical (unpaired) electrons. The Morgan fingerprint density at radius 1 is 0.926 bits per heavy atom. The molecule has 1 aliphatic rings. The number of methoxy groups -OCH3 is 1. The van der Waals surface area contributed by atoms with Crippen LogP contribution in [0, 0.1) is 5.92 Å². The Labute approximate surface area is 164 Å². The molecule has 0 aromatic heterocycles. The molecule has 0 spiro atoms. The van der Waals surface area contributed by atoms with E-state index < -0.39 is 0 Å². The van der Waals surface area contributed by atoms with Crippen LogP contribution in [0.2, 0.25) is 0 Å². The number of ether oxygens (including phenoxy) is 1. The third kappa shape index (κ3) is 3.79. The fraction of sp³-hybridized carbons (Fsp3) is 0.208. The van der Waals surface area contributed by atoms with Crippen molar-refractivity contribution in [3.63, 3.8) is 0 Å². The summed E-state index contributed by atoms with van der Waals surface area (Å²) in [6.07, 6.45) is 1.83. The molecule has 0 saturated heterocycles. The fourth-order valence-corrected chi connectivity index (χ4v) is 5.06. The number of carbonyl (C=O) groups excluding carboxylic acids is 1. The highest BCUT2D eigenvalue weighted by Crippen LogP contribution is 2.45. The van der Waals surface area contributed by atoms with E-state index in [1.54, 1.807) is 18.9 Å². The summed E-state index contributed by atoms with van der Waals surface area (Å²) in [7, 11) is 1.67. The maximum absolute atomic E-state index is 13.3. The van der Waals surface area contributed by atoms with E-state index in [0.29, 0.717) is 0 Å². The summed E-state index contributed by atoms with van der Waals surface area (Å²) in [5.41, 5.74) is 3.24. The van der Waals surface area contributed by atoms with Crippen LogP contribution < -0.4 is 4.74 Å². The summed E-state index contributed by atoms with van der Waals surface area (Å²) in [6, 6.07) is 26.5. The van der Waals surface area contributed by atoms with Crippen molar-refractivity contribution in [2.75, 3.05) is 7.11 Å². The lowest BCUT2D eigenvalue weighted by molar-refractivity contribution is 0.0899. The van der Waals surface area contributed by atoms with Gasteiger partial charge >= 0.3 is 0 Å². The third-order valence-electron chi connectivity index (χ3n) is 5.16. The number of hydrogen-bond acceptors (Lipinski definition) is 3. The molecule has 27 heavy (non-hydrogen) atoms. The van der Waals surface area contributed by atoms with Gasteiger partial charge in [0.2, 0.25) is 0 Å². The zero-order valence-corrected chi connectivity index (χ0v) is 16.1. The summed E-state index contributed by atoms with van der Waals surface area (Å²) in [5.74, 6) is 1.07. The molecule has 2 nitrogen and oxygen atoms in total. The molecule has 0 saturated carbocycles. The summed E-state index contributed by atoms with van der Waals surface area (Å²) < 4.78 is 5.31. The van der Waals surface area contributed by atoms with Crippen LogP contribution in [-0.4, -0.2) is 12.9 Å². The van der Waals surface area contributed by atoms with Gasteiger partial charge in [-0.2, -0.15) is 0 Å². The van der Waals surface area contributed by atoms with Gasteiger partial charge in [0.05, 0.1) is 7.11 Å². The van der Waals surface area contributed by atoms with Gasteiger partial charge in [-0.25, -0.2) is 0 Å². The normalized spacial score (nSPS) is 17.2. The largest absolute Gasteiger partial charge is 0.497 e. The number of rotatable bonds is 5. The van der Waals surface area contributed by atoms with Crippen LogP contribution in [0.1, 0.15) is 33.2 Å². The molecular weight excluding hydrogens is 352 g/mol. The standard InChI is InChI=1S/C24H22O2S/c1-26-19-14-11-18(12-15-19)24(27-20-8-3-2-4-9-20)22-16-13-17-7-5-6-10-21(17)23(22)25/h2-12,14-15,22,24H,13,16H2,1H3. The Bertz CT molecular complexity index is 919. The summed E-state index contributed by atoms with van der Waals surface area (Å²) in [4.78, 5) is 14.5. The van der Waals surface area contributed by atoms with Crippen LogP contribution in [0.25, 0.3) is 0 Å². The minimum absolute atomic E-state index is 0.0292. The third-order valence-corrected chi connectivity index (χ3v) is 6.56. The molecule has 3 aromatic carbocycles. The molecule has 0 fully saturated rings. The zero-order chi connectivity index (χ0) is 18.6. The molecule has 2 atom stereocenters. The predicted octanol–water partition coefficient (Wildman–Crippen LogP) is 5.97. The van der Waals surface area contributed by atoms with Crippen molar-refractivity contribution in [2.24, 2.45) is 5.92 Å². The highest BCUT2D eigenvalue weighted by atomic mass is 32.2. The average molecular weight is 375 g/mol. The lowest BCUT2D eigenvalue weighted by Gasteiger charge is -2.30. The lowest BCUT2D eigenvalue weighted by Crippen LogP contribution is -2.27. The van der Waals surface area contributed by atoms with Gasteiger partial charge < -0.3 is 4.74 Å². The zero-order valence-electron chi connectivity index (χ0n) is 15.3. The number of ketones is 1. The number of thioether (sulfide) groups is 1. The van der Waals surface area contributed by atoms with Gasteiger partial charge in [-0.05, 0) is 48.2 Å². The molecule has 3 aromatic rings. The van der Waals surface area contributed by atoms with Crippen molar-refractivity contribution in [3.05, 3.63) is 95.6 Å². The van der Waals surface area contributed by atoms with Gasteiger partial charge in [0.25, 0.3) is 0 Å². The van der Waals surface area contributed by atoms with Crippen LogP contribution >= 0.6 is 11.8 Å². The Morgan fingerprint density at radius 3 is 2.37 bits per heavy atom. The molecule has 3 heteroatoms. The van der Waals surface area contributed by atoms with Crippen LogP contribution in [0.15, 0.2) is 83.8 Å². The first-order valence-corrected chi connectivity index (χ1v) is 10.1. The van der Waals surface area contributed by atoms with Crippen molar-refractivity contribution < 1.29 is 9.53 Å². The van der Waals surface area contributed by atoms with E-state index >= 15 is 0 Å². The van der Waals surface area contributed by atoms with E-state index in [2.05, 4.69) is 30.3 Å². The number of fused-ring (bicyclic) bond motifs is 1. The molecule has 4 rings (SSSR count). The highest BCUT2D eigenvalue weighted by molar-refractivity contribution is 7.99. The highest BCUT2D eigenvalue weighted by Gasteiger charge is 2.34. The Balaban J connectivity index is 1.70. The van der Waals surface area contributed by atoms with E-state index in [1.807, 2.05) is 48.5 Å². The minimum atomic E-state index is -0.0292. The molecule has 2 unspecified atom stereocenters. The van der Waals surface area contributed by atoms with E-state index in [-0.39, 0.29) is 17.0 Å². The van der Waals surface area contributed by atoms with E-state index in [9.17, 15) is 4.79 Å². The van der Waals surface area contributed by atoms with Gasteiger partial charge in [0.15, 0.2) is 5.78 Å². The smallest absolute Gasteiger partial charge is 0.167 e. The minimum Gasteiger partial charge on any atom is -0.497 e. The Morgan fingerprint density at radius 2 is 1.63 bits per heavy atom. The average Bonchev–Trinajstić information content (AvgIpc) is 2.74. The van der Waals surface area contributed by atoms with Crippen molar-refractivity contribution in [1.82, 2.24) is 0 Å². The second-order valence-electron chi connectivity index (χ2n) is 6.79. The van der Waals surface area contributed by atoms with Crippen LogP contribution in [0.5, 0.6) is 5.75 Å². The Hall–Kier alpha value is -2.52. The van der Waals surface area contributed by atoms with E-state index in [4.69, 9.17) is 4.74 Å². The van der Waals surface area contributed by atoms with Gasteiger partial charge in [0.1, 0.15) is 5.75 Å². The van der Waals surface area contributed by atoms with Crippen LogP contribution in [0.3, 0.4) is 0 Å². The SMILES string of the molecule is COc1ccc(C(Sc2ccccc2)C2CCc3ccccc3C2=O)cc1. The summed E-state index contributed by atoms with van der Waals surface area (Å²) in [6.45, 7) is 0. The van der Waals surface area contributed by atoms with Crippen molar-refractivity contribution >= 4 is 17.5 Å². The molecule has 0 amide bonds. The number of hydrogen-bond donors (Lipinski definition) is 0. The topological polar surface area (TPSA) is 26.3 Å². The van der Waals surface area contributed by atoms with Gasteiger partial charge in [0, 0.05) is 21.6 Å². The number of carbonyl (C=O) groups is 1. The maximum atomic E-state index is 13.3. The summed E-state index contributed by atoms with van der Waals surface area (Å²) in [5, 5.41) is 0.0826. The molecule has 0 N–H and O–H groups in total. The van der Waals surface area contributed by atoms with Gasteiger partial charge in [-0.1, -0.05) is 54.6 Å². The molecule has 136 valence electrons. The number of Topliss-reactive ketones (excluding diaryl/α,β-unsaturated/α-hetero) is 1. The predicted molar refractivity (Wildman–Crippen MR) is 111 cm³/mol. The first-order chi connectivity index (χ1) is 13.3. The number of aryl methyl sites for hydroxylation is 1. The van der Waals surface area contributed by atoms with E-state index in [0.717, 1.165) is 24.2 Å². The molecular formula is C24H22O2S. The first kappa shape index (κ1) is 17.9. The molecule has 1 aliphatic carbocycles. The maximum Gasteiger partial charge on any atom is 0.167 e. The van der Waals surface area contributed by atoms with Gasteiger partial charge in [-0.15, -0.1) is 11.8 Å². The van der Waals surface area contributed by atoms with Crippen LogP contribution in [0.4, 0.5) is 0 Å². The van der Waals surface area contributed by atoms with Crippen molar-refractivity contribution in [3.8, 4) is 5.75 Å². The van der Waals surface area contributed by atoms with Crippen LogP contribution in [-0.2, 0) is 6.42 Å². The molecule has 0 bridgehead atoms. The van der Waals surface area contributed by atoms with Gasteiger partial charge in [-0.3, -0.25) is 4.79 Å². The quantitative estimate of drug-likeness (QED) is 0.514. The first-order valence-electron chi connectivity index (χ1n) is 9.24. The molecule has 0 aliphatic heterocycles. The second-order valence-corrected chi connectivity index (χ2v) is 8.01. The van der Waals surface area contributed by atoms with E-state index in [1.165, 1.54) is 16.0 Å². The fourth-order valence-electron chi connectivity index (χ4n) is 3.73. The lowest BCUT2D eigenvalue weighted by atomic mass is 9.79. The van der Waals surface area contributed by atoms with Crippen molar-refractivity contribution in [2.45, 2.75) is 23.0 Å². The monoisotopic (exact) mass is 374 g/mol.